The van der Waals surface area contributed by atoms with E-state index >= 15 is 0 Å². The molecule has 29 heavy (non-hydrogen) atoms. The molecular formula is C23H25N2NaO3. The Morgan fingerprint density at radius 2 is 1.59 bits per heavy atom. The molecule has 1 saturated heterocycles. The van der Waals surface area contributed by atoms with Gasteiger partial charge in [0.25, 0.3) is 0 Å². The van der Waals surface area contributed by atoms with Crippen molar-refractivity contribution in [2.45, 2.75) is 19.8 Å². The van der Waals surface area contributed by atoms with Crippen molar-refractivity contribution in [3.05, 3.63) is 71.8 Å². The fourth-order valence-electron chi connectivity index (χ4n) is 3.44. The van der Waals surface area contributed by atoms with Crippen molar-refractivity contribution in [2.75, 3.05) is 31.1 Å². The summed E-state index contributed by atoms with van der Waals surface area (Å²) in [6.07, 6.45) is 3.39. The van der Waals surface area contributed by atoms with Crippen LogP contribution in [0.5, 0.6) is 0 Å². The summed E-state index contributed by atoms with van der Waals surface area (Å²) in [6.45, 7) is 4.72. The molecule has 3 rings (SSSR count). The topological polar surface area (TPSA) is 63.7 Å². The van der Waals surface area contributed by atoms with Crippen LogP contribution < -0.4 is 39.6 Å². The largest absolute Gasteiger partial charge is 1.00 e. The Morgan fingerprint density at radius 3 is 2.14 bits per heavy atom. The van der Waals surface area contributed by atoms with E-state index in [1.54, 1.807) is 35.2 Å². The van der Waals surface area contributed by atoms with Gasteiger partial charge in [-0.15, -0.1) is 0 Å². The van der Waals surface area contributed by atoms with Crippen molar-refractivity contribution in [1.29, 1.82) is 0 Å². The normalized spacial score (nSPS) is 14.3. The number of amides is 1. The Kier molecular flexibility index (Phi) is 8.96. The average molecular weight is 400 g/mol. The van der Waals surface area contributed by atoms with E-state index in [1.165, 1.54) is 11.6 Å². The Morgan fingerprint density at radius 1 is 0.966 bits per heavy atom. The summed E-state index contributed by atoms with van der Waals surface area (Å²) in [5.74, 6) is -1.63. The summed E-state index contributed by atoms with van der Waals surface area (Å²) < 4.78 is 0. The number of carboxylic acid groups (broad SMARTS) is 1. The van der Waals surface area contributed by atoms with Crippen LogP contribution in [-0.2, 0) is 16.0 Å². The predicted octanol–water partition coefficient (Wildman–Crippen LogP) is -0.875. The number of rotatable bonds is 6. The zero-order valence-electron chi connectivity index (χ0n) is 17.1. The van der Waals surface area contributed by atoms with Crippen molar-refractivity contribution in [3.8, 4) is 0 Å². The Hall–Kier alpha value is -2.08. The summed E-state index contributed by atoms with van der Waals surface area (Å²) in [7, 11) is 0. The maximum absolute atomic E-state index is 12.6. The molecule has 0 bridgehead atoms. The second-order valence-electron chi connectivity index (χ2n) is 6.94. The van der Waals surface area contributed by atoms with E-state index < -0.39 is 5.97 Å². The van der Waals surface area contributed by atoms with Crippen LogP contribution in [0.4, 0.5) is 5.69 Å². The Labute approximate surface area is 194 Å². The van der Waals surface area contributed by atoms with Gasteiger partial charge in [0.1, 0.15) is 0 Å². The number of anilines is 1. The van der Waals surface area contributed by atoms with Gasteiger partial charge in [-0.05, 0) is 29.7 Å². The molecule has 0 radical (unpaired) electrons. The molecule has 1 aliphatic rings. The van der Waals surface area contributed by atoms with Gasteiger partial charge >= 0.3 is 29.6 Å². The molecule has 0 atom stereocenters. The first-order valence-electron chi connectivity index (χ1n) is 9.69. The van der Waals surface area contributed by atoms with Crippen LogP contribution in [0.15, 0.2) is 60.7 Å². The summed E-state index contributed by atoms with van der Waals surface area (Å²) in [4.78, 5) is 28.0. The fourth-order valence-corrected chi connectivity index (χ4v) is 3.44. The summed E-state index contributed by atoms with van der Waals surface area (Å²) in [5, 5.41) is 11.5. The maximum Gasteiger partial charge on any atom is 1.00 e. The summed E-state index contributed by atoms with van der Waals surface area (Å²) in [5.41, 5.74) is 2.88. The molecule has 1 amide bonds. The molecule has 1 aliphatic heterocycles. The third-order valence-electron chi connectivity index (χ3n) is 5.00. The molecule has 146 valence electrons. The van der Waals surface area contributed by atoms with Crippen LogP contribution in [0.25, 0.3) is 5.57 Å². The molecule has 1 fully saturated rings. The molecular weight excluding hydrogens is 375 g/mol. The van der Waals surface area contributed by atoms with Gasteiger partial charge in [-0.25, -0.2) is 0 Å². The second-order valence-corrected chi connectivity index (χ2v) is 6.94. The van der Waals surface area contributed by atoms with Gasteiger partial charge in [-0.1, -0.05) is 55.8 Å². The third-order valence-corrected chi connectivity index (χ3v) is 5.00. The van der Waals surface area contributed by atoms with Gasteiger partial charge in [0, 0.05) is 43.5 Å². The summed E-state index contributed by atoms with van der Waals surface area (Å²) in [6, 6.07) is 17.2. The molecule has 0 aliphatic carbocycles. The molecule has 0 saturated carbocycles. The van der Waals surface area contributed by atoms with Crippen LogP contribution >= 0.6 is 0 Å². The quantitative estimate of drug-likeness (QED) is 0.467. The molecule has 0 aromatic heterocycles. The average Bonchev–Trinajstić information content (AvgIpc) is 2.73. The standard InChI is InChI=1S/C23H26N2O3.Na/c1-2-6-18-9-11-20(12-10-18)24-13-15-25(16-14-24)22(26)17-21(23(27)28)19-7-4-3-5-8-19;/h3-5,7-12,17H,2,6,13-16H2,1H3,(H,27,28);/q;+1/p-1. The number of carbonyl (C=O) groups excluding carboxylic acids is 2. The van der Waals surface area contributed by atoms with Crippen LogP contribution in [0.2, 0.25) is 0 Å². The summed E-state index contributed by atoms with van der Waals surface area (Å²) >= 11 is 0. The van der Waals surface area contributed by atoms with E-state index in [-0.39, 0.29) is 41.0 Å². The van der Waals surface area contributed by atoms with Crippen molar-refractivity contribution < 1.29 is 44.3 Å². The number of carbonyl (C=O) groups is 2. The van der Waals surface area contributed by atoms with Crippen molar-refractivity contribution in [3.63, 3.8) is 0 Å². The number of piperazine rings is 1. The van der Waals surface area contributed by atoms with E-state index in [1.807, 2.05) is 0 Å². The SMILES string of the molecule is CCCc1ccc(N2CCN(C(=O)C=C(C(=O)[O-])c3ccccc3)CC2)cc1.[Na+]. The van der Waals surface area contributed by atoms with Crippen LogP contribution in [0, 0.1) is 0 Å². The molecule has 0 unspecified atom stereocenters. The minimum Gasteiger partial charge on any atom is -0.545 e. The maximum atomic E-state index is 12.6. The zero-order chi connectivity index (χ0) is 19.9. The number of carboxylic acids is 1. The van der Waals surface area contributed by atoms with Crippen molar-refractivity contribution in [2.24, 2.45) is 0 Å². The minimum absolute atomic E-state index is 0. The van der Waals surface area contributed by atoms with Crippen LogP contribution in [0.3, 0.4) is 0 Å². The van der Waals surface area contributed by atoms with Gasteiger partial charge in [0.15, 0.2) is 0 Å². The number of aryl methyl sites for hydroxylation is 1. The van der Waals surface area contributed by atoms with E-state index in [0.717, 1.165) is 31.6 Å². The molecule has 0 spiro atoms. The Bertz CT molecular complexity index is 842. The number of hydrogen-bond acceptors (Lipinski definition) is 4. The van der Waals surface area contributed by atoms with Gasteiger partial charge < -0.3 is 19.7 Å². The smallest absolute Gasteiger partial charge is 0.545 e. The fraction of sp³-hybridized carbons (Fsp3) is 0.304. The predicted molar refractivity (Wildman–Crippen MR) is 109 cm³/mol. The van der Waals surface area contributed by atoms with E-state index in [2.05, 4.69) is 36.1 Å². The first-order valence-corrected chi connectivity index (χ1v) is 9.69. The monoisotopic (exact) mass is 400 g/mol. The first-order chi connectivity index (χ1) is 13.6. The van der Waals surface area contributed by atoms with Crippen LogP contribution in [0.1, 0.15) is 24.5 Å². The molecule has 2 aromatic rings. The van der Waals surface area contributed by atoms with Crippen LogP contribution in [-0.4, -0.2) is 43.0 Å². The molecule has 0 N–H and O–H groups in total. The number of benzene rings is 2. The van der Waals surface area contributed by atoms with E-state index in [4.69, 9.17) is 0 Å². The van der Waals surface area contributed by atoms with Gasteiger partial charge in [0.05, 0.1) is 5.97 Å². The first kappa shape index (κ1) is 23.2. The molecule has 5 nitrogen and oxygen atoms in total. The zero-order valence-corrected chi connectivity index (χ0v) is 19.1. The molecule has 2 aromatic carbocycles. The molecule has 6 heteroatoms. The second kappa shape index (κ2) is 11.2. The van der Waals surface area contributed by atoms with E-state index in [0.29, 0.717) is 18.7 Å². The van der Waals surface area contributed by atoms with Crippen molar-refractivity contribution >= 4 is 23.1 Å². The van der Waals surface area contributed by atoms with Gasteiger partial charge in [-0.3, -0.25) is 4.79 Å². The van der Waals surface area contributed by atoms with Gasteiger partial charge in [0.2, 0.25) is 5.91 Å². The minimum atomic E-state index is -1.34. The van der Waals surface area contributed by atoms with Crippen molar-refractivity contribution in [1.82, 2.24) is 4.90 Å². The molecule has 1 heterocycles. The Balaban J connectivity index is 0.00000300. The third kappa shape index (κ3) is 6.20. The number of hydrogen-bond donors (Lipinski definition) is 0. The van der Waals surface area contributed by atoms with E-state index in [9.17, 15) is 14.7 Å². The van der Waals surface area contributed by atoms with Gasteiger partial charge in [-0.2, -0.15) is 0 Å². The number of nitrogens with zero attached hydrogens (tertiary/aromatic N) is 2. The number of aliphatic carboxylic acids is 1.